The van der Waals surface area contributed by atoms with Crippen molar-refractivity contribution in [2.45, 2.75) is 62.2 Å². The van der Waals surface area contributed by atoms with Crippen molar-refractivity contribution in [1.82, 2.24) is 9.55 Å². The Morgan fingerprint density at radius 3 is 2.48 bits per heavy atom. The van der Waals surface area contributed by atoms with Crippen molar-refractivity contribution in [3.63, 3.8) is 0 Å². The van der Waals surface area contributed by atoms with E-state index >= 15 is 8.78 Å². The Morgan fingerprint density at radius 1 is 1.15 bits per heavy atom. The van der Waals surface area contributed by atoms with E-state index in [9.17, 15) is 14.6 Å². The highest BCUT2D eigenvalue weighted by molar-refractivity contribution is 5.69. The summed E-state index contributed by atoms with van der Waals surface area (Å²) in [6, 6.07) is 2.64. The summed E-state index contributed by atoms with van der Waals surface area (Å²) >= 11 is 0. The Kier molecular flexibility index (Phi) is 3.42. The summed E-state index contributed by atoms with van der Waals surface area (Å²) in [5, 5.41) is 21.3. The highest BCUT2D eigenvalue weighted by Gasteiger charge is 2.62. The maximum absolute atomic E-state index is 15.7. The molecule has 3 saturated carbocycles. The number of halogens is 3. The van der Waals surface area contributed by atoms with E-state index in [1.165, 1.54) is 29.2 Å². The number of aliphatic hydroxyl groups excluding tert-OH is 1. The van der Waals surface area contributed by atoms with E-state index in [-0.39, 0.29) is 5.56 Å². The van der Waals surface area contributed by atoms with E-state index in [2.05, 4.69) is 4.98 Å². The Morgan fingerprint density at radius 2 is 1.81 bits per heavy atom. The van der Waals surface area contributed by atoms with Crippen molar-refractivity contribution in [3.05, 3.63) is 42.1 Å². The van der Waals surface area contributed by atoms with Gasteiger partial charge in [-0.25, -0.2) is 18.2 Å². The molecule has 2 heterocycles. The van der Waals surface area contributed by atoms with Gasteiger partial charge in [-0.15, -0.1) is 0 Å². The van der Waals surface area contributed by atoms with Crippen LogP contribution in [0, 0.1) is 11.2 Å². The monoisotopic (exact) mass is 378 g/mol. The van der Waals surface area contributed by atoms with E-state index in [1.54, 1.807) is 6.07 Å². The largest absolute Gasteiger partial charge is 0.390 e. The molecule has 4 aliphatic rings. The normalized spacial score (nSPS) is 33.0. The van der Waals surface area contributed by atoms with Gasteiger partial charge in [0.25, 0.3) is 5.92 Å². The molecule has 3 fully saturated rings. The van der Waals surface area contributed by atoms with E-state index in [1.807, 2.05) is 0 Å². The predicted molar refractivity (Wildman–Crippen MR) is 91.8 cm³/mol. The summed E-state index contributed by atoms with van der Waals surface area (Å²) in [5.74, 6) is -4.28. The Balaban J connectivity index is 1.58. The van der Waals surface area contributed by atoms with Crippen LogP contribution in [-0.2, 0) is 0 Å². The van der Waals surface area contributed by atoms with Crippen molar-refractivity contribution in [3.8, 4) is 11.3 Å². The number of aliphatic hydroxyl groups is 2. The van der Waals surface area contributed by atoms with Crippen molar-refractivity contribution in [1.29, 1.82) is 0 Å². The number of hydrogen-bond donors (Lipinski definition) is 2. The third kappa shape index (κ3) is 2.21. The molecule has 1 aromatic heterocycles. The fourth-order valence-electron chi connectivity index (χ4n) is 5.44. The van der Waals surface area contributed by atoms with Gasteiger partial charge in [0.2, 0.25) is 0 Å². The molecule has 2 atom stereocenters. The highest BCUT2D eigenvalue weighted by atomic mass is 19.3. The molecule has 0 spiro atoms. The van der Waals surface area contributed by atoms with E-state index < -0.39 is 34.9 Å². The second kappa shape index (κ2) is 5.35. The fraction of sp³-hybridized carbons (Fsp3) is 0.550. The summed E-state index contributed by atoms with van der Waals surface area (Å²) in [6.07, 6.45) is 3.14. The van der Waals surface area contributed by atoms with Gasteiger partial charge in [0.15, 0.2) is 0 Å². The van der Waals surface area contributed by atoms with Crippen LogP contribution >= 0.6 is 0 Å². The summed E-state index contributed by atoms with van der Waals surface area (Å²) < 4.78 is 47.3. The first kappa shape index (κ1) is 17.3. The van der Waals surface area contributed by atoms with Gasteiger partial charge < -0.3 is 14.8 Å². The third-order valence-electron chi connectivity index (χ3n) is 7.12. The molecule has 1 aliphatic heterocycles. The fourth-order valence-corrected chi connectivity index (χ4v) is 5.44. The van der Waals surface area contributed by atoms with E-state index in [0.717, 1.165) is 0 Å². The zero-order chi connectivity index (χ0) is 19.0. The molecule has 2 bridgehead atoms. The second-order valence-corrected chi connectivity index (χ2v) is 8.45. The second-order valence-electron chi connectivity index (χ2n) is 8.45. The molecule has 27 heavy (non-hydrogen) atoms. The molecule has 0 radical (unpaired) electrons. The minimum Gasteiger partial charge on any atom is -0.390 e. The summed E-state index contributed by atoms with van der Waals surface area (Å²) in [4.78, 5) is 3.95. The highest BCUT2D eigenvalue weighted by Crippen LogP contribution is 2.59. The molecular formula is C20H21F3N2O2. The topological polar surface area (TPSA) is 58.3 Å². The SMILES string of the molecule is OC(C12CCC(O)(CC1)CC2)C(F)(F)C1c2c(F)cccc2-c2cncn21. The average Bonchev–Trinajstić information content (AvgIpc) is 3.23. The Hall–Kier alpha value is -1.86. The van der Waals surface area contributed by atoms with Gasteiger partial charge in [-0.1, -0.05) is 12.1 Å². The minimum atomic E-state index is -3.57. The van der Waals surface area contributed by atoms with Gasteiger partial charge in [0.05, 0.1) is 23.8 Å². The molecule has 2 unspecified atom stereocenters. The summed E-state index contributed by atoms with van der Waals surface area (Å²) in [7, 11) is 0. The number of nitrogens with zero attached hydrogens (tertiary/aromatic N) is 2. The van der Waals surface area contributed by atoms with E-state index in [4.69, 9.17) is 0 Å². The Labute approximate surface area is 154 Å². The number of rotatable bonds is 3. The summed E-state index contributed by atoms with van der Waals surface area (Å²) in [6.45, 7) is 0. The first-order chi connectivity index (χ1) is 12.8. The molecule has 3 aliphatic carbocycles. The van der Waals surface area contributed by atoms with Crippen LogP contribution in [0.25, 0.3) is 11.3 Å². The maximum atomic E-state index is 15.7. The van der Waals surface area contributed by atoms with Crippen molar-refractivity contribution in [2.75, 3.05) is 0 Å². The lowest BCUT2D eigenvalue weighted by atomic mass is 9.55. The number of alkyl halides is 2. The van der Waals surface area contributed by atoms with Crippen molar-refractivity contribution >= 4 is 0 Å². The number of hydrogen-bond acceptors (Lipinski definition) is 3. The zero-order valence-corrected chi connectivity index (χ0v) is 14.7. The first-order valence-corrected chi connectivity index (χ1v) is 9.36. The van der Waals surface area contributed by atoms with Crippen LogP contribution in [0.2, 0.25) is 0 Å². The van der Waals surface area contributed by atoms with Crippen LogP contribution in [0.4, 0.5) is 13.2 Å². The number of aromatic nitrogens is 2. The molecule has 144 valence electrons. The number of benzene rings is 1. The molecule has 0 saturated heterocycles. The standard InChI is InChI=1S/C20H21F3N2O2/c21-13-3-1-2-12-14-10-24-11-25(14)16(15(12)13)20(22,23)17(26)18-4-7-19(27,8-5-18)9-6-18/h1-3,10-11,16-17,26-27H,4-9H2. The van der Waals surface area contributed by atoms with Crippen LogP contribution in [0.15, 0.2) is 30.7 Å². The quantitative estimate of drug-likeness (QED) is 0.857. The molecule has 2 aromatic rings. The molecular weight excluding hydrogens is 357 g/mol. The van der Waals surface area contributed by atoms with Crippen LogP contribution in [0.1, 0.15) is 50.1 Å². The van der Waals surface area contributed by atoms with Crippen molar-refractivity contribution in [2.24, 2.45) is 5.41 Å². The van der Waals surface area contributed by atoms with E-state index in [0.29, 0.717) is 49.8 Å². The van der Waals surface area contributed by atoms with Crippen LogP contribution in [-0.4, -0.2) is 37.4 Å². The molecule has 7 heteroatoms. The number of imidazole rings is 1. The average molecular weight is 378 g/mol. The molecule has 4 nitrogen and oxygen atoms in total. The van der Waals surface area contributed by atoms with Gasteiger partial charge in [0.1, 0.15) is 18.0 Å². The van der Waals surface area contributed by atoms with Gasteiger partial charge >= 0.3 is 0 Å². The predicted octanol–water partition coefficient (Wildman–Crippen LogP) is 3.67. The van der Waals surface area contributed by atoms with Crippen molar-refractivity contribution < 1.29 is 23.4 Å². The zero-order valence-electron chi connectivity index (χ0n) is 14.7. The number of fused-ring (bicyclic) bond motifs is 6. The van der Waals surface area contributed by atoms with Gasteiger partial charge in [0, 0.05) is 16.5 Å². The Bertz CT molecular complexity index is 886. The molecule has 0 amide bonds. The smallest absolute Gasteiger partial charge is 0.298 e. The van der Waals surface area contributed by atoms with Crippen LogP contribution in [0.5, 0.6) is 0 Å². The van der Waals surface area contributed by atoms with Gasteiger partial charge in [-0.3, -0.25) is 0 Å². The lowest BCUT2D eigenvalue weighted by Gasteiger charge is -2.54. The van der Waals surface area contributed by atoms with Gasteiger partial charge in [-0.2, -0.15) is 0 Å². The molecule has 6 rings (SSSR count). The van der Waals surface area contributed by atoms with Gasteiger partial charge in [-0.05, 0) is 44.6 Å². The van der Waals surface area contributed by atoms with Crippen LogP contribution < -0.4 is 0 Å². The molecule has 2 N–H and O–H groups in total. The molecule has 1 aromatic carbocycles. The minimum absolute atomic E-state index is 0.0847. The maximum Gasteiger partial charge on any atom is 0.298 e. The third-order valence-corrected chi connectivity index (χ3v) is 7.12. The lowest BCUT2D eigenvalue weighted by molar-refractivity contribution is -0.217. The summed E-state index contributed by atoms with van der Waals surface area (Å²) in [5.41, 5.74) is -0.981. The first-order valence-electron chi connectivity index (χ1n) is 9.36. The van der Waals surface area contributed by atoms with Crippen LogP contribution in [0.3, 0.4) is 0 Å². The lowest BCUT2D eigenvalue weighted by Crippen LogP contribution is -2.57.